The quantitative estimate of drug-likeness (QED) is 0.666. The molecular formula is C14H20N2O3. The maximum absolute atomic E-state index is 11.6. The first-order chi connectivity index (χ1) is 8.80. The van der Waals surface area contributed by atoms with Crippen LogP contribution >= 0.6 is 0 Å². The van der Waals surface area contributed by atoms with E-state index in [-0.39, 0.29) is 18.1 Å². The van der Waals surface area contributed by atoms with Gasteiger partial charge in [-0.3, -0.25) is 9.78 Å². The molecule has 0 unspecified atom stereocenters. The van der Waals surface area contributed by atoms with Crippen LogP contribution < -0.4 is 5.32 Å². The number of pyridine rings is 1. The molecular weight excluding hydrogens is 244 g/mol. The summed E-state index contributed by atoms with van der Waals surface area (Å²) in [5.41, 5.74) is 0.490. The lowest BCUT2D eigenvalue weighted by Crippen LogP contribution is -2.37. The van der Waals surface area contributed by atoms with Crippen LogP contribution in [-0.4, -0.2) is 23.0 Å². The molecule has 0 saturated carbocycles. The van der Waals surface area contributed by atoms with Gasteiger partial charge in [0.2, 0.25) is 0 Å². The molecule has 19 heavy (non-hydrogen) atoms. The highest BCUT2D eigenvalue weighted by molar-refractivity contribution is 6.32. The molecule has 0 aliphatic carbocycles. The Bertz CT molecular complexity index is 438. The van der Waals surface area contributed by atoms with Crippen LogP contribution in [0.4, 0.5) is 0 Å². The van der Waals surface area contributed by atoms with Gasteiger partial charge in [-0.1, -0.05) is 26.8 Å². The van der Waals surface area contributed by atoms with E-state index in [1.807, 2.05) is 26.8 Å². The van der Waals surface area contributed by atoms with E-state index in [2.05, 4.69) is 10.3 Å². The maximum atomic E-state index is 11.6. The van der Waals surface area contributed by atoms with Crippen molar-refractivity contribution >= 4 is 11.9 Å². The summed E-state index contributed by atoms with van der Waals surface area (Å²) >= 11 is 0. The second kappa shape index (κ2) is 6.31. The molecule has 0 bridgehead atoms. The summed E-state index contributed by atoms with van der Waals surface area (Å²) in [6.45, 7) is 7.80. The summed E-state index contributed by atoms with van der Waals surface area (Å²) in [5, 5.41) is 2.48. The van der Waals surface area contributed by atoms with Crippen molar-refractivity contribution in [3.05, 3.63) is 30.1 Å². The minimum Gasteiger partial charge on any atom is -0.455 e. The Labute approximate surface area is 113 Å². The number of esters is 1. The lowest BCUT2D eigenvalue weighted by molar-refractivity contribution is -0.162. The fraction of sp³-hybridized carbons (Fsp3) is 0.500. The third-order valence-electron chi connectivity index (χ3n) is 2.85. The predicted molar refractivity (Wildman–Crippen MR) is 71.1 cm³/mol. The van der Waals surface area contributed by atoms with E-state index < -0.39 is 11.9 Å². The first-order valence-corrected chi connectivity index (χ1v) is 6.19. The molecule has 0 aliphatic rings. The largest absolute Gasteiger partial charge is 0.455 e. The molecule has 5 heteroatoms. The lowest BCUT2D eigenvalue weighted by Gasteiger charge is -2.26. The minimum absolute atomic E-state index is 0.197. The number of aromatic nitrogens is 1. The SMILES string of the molecule is C[C@@H](OC(=O)C(=O)NCc1ccccn1)C(C)(C)C. The summed E-state index contributed by atoms with van der Waals surface area (Å²) in [4.78, 5) is 27.2. The molecule has 0 aromatic carbocycles. The average molecular weight is 264 g/mol. The zero-order chi connectivity index (χ0) is 14.5. The van der Waals surface area contributed by atoms with E-state index in [1.54, 1.807) is 25.3 Å². The average Bonchev–Trinajstić information content (AvgIpc) is 2.35. The number of carbonyl (C=O) groups is 2. The minimum atomic E-state index is -0.863. The fourth-order valence-electron chi connectivity index (χ4n) is 1.14. The molecule has 1 aromatic rings. The summed E-state index contributed by atoms with van der Waals surface area (Å²) < 4.78 is 5.09. The molecule has 1 aromatic heterocycles. The van der Waals surface area contributed by atoms with E-state index in [4.69, 9.17) is 4.74 Å². The number of ether oxygens (including phenoxy) is 1. The number of carbonyl (C=O) groups excluding carboxylic acids is 2. The molecule has 1 heterocycles. The molecule has 0 spiro atoms. The monoisotopic (exact) mass is 264 g/mol. The first kappa shape index (κ1) is 15.1. The van der Waals surface area contributed by atoms with Crippen molar-refractivity contribution in [2.24, 2.45) is 5.41 Å². The highest BCUT2D eigenvalue weighted by atomic mass is 16.5. The smallest absolute Gasteiger partial charge is 0.397 e. The highest BCUT2D eigenvalue weighted by Crippen LogP contribution is 2.21. The standard InChI is InChI=1S/C14H20N2O3/c1-10(14(2,3)4)19-13(18)12(17)16-9-11-7-5-6-8-15-11/h5-8,10H,9H2,1-4H3,(H,16,17)/t10-/m1/s1. The summed E-state index contributed by atoms with van der Waals surface area (Å²) in [6, 6.07) is 5.36. The van der Waals surface area contributed by atoms with Gasteiger partial charge in [-0.05, 0) is 24.5 Å². The zero-order valence-corrected chi connectivity index (χ0v) is 11.8. The van der Waals surface area contributed by atoms with E-state index >= 15 is 0 Å². The number of nitrogens with one attached hydrogen (secondary N) is 1. The second-order valence-electron chi connectivity index (χ2n) is 5.42. The molecule has 0 radical (unpaired) electrons. The van der Waals surface area contributed by atoms with Crippen molar-refractivity contribution in [2.75, 3.05) is 0 Å². The third kappa shape index (κ3) is 5.07. The summed E-state index contributed by atoms with van der Waals surface area (Å²) in [6.07, 6.45) is 1.29. The van der Waals surface area contributed by atoms with Crippen LogP contribution in [0.15, 0.2) is 24.4 Å². The summed E-state index contributed by atoms with van der Waals surface area (Å²) in [7, 11) is 0. The Balaban J connectivity index is 2.44. The van der Waals surface area contributed by atoms with Crippen LogP contribution in [0.1, 0.15) is 33.4 Å². The number of hydrogen-bond acceptors (Lipinski definition) is 4. The van der Waals surface area contributed by atoms with Crippen LogP contribution in [0.3, 0.4) is 0 Å². The van der Waals surface area contributed by atoms with Crippen molar-refractivity contribution in [1.82, 2.24) is 10.3 Å². The van der Waals surface area contributed by atoms with Gasteiger partial charge in [-0.15, -0.1) is 0 Å². The van der Waals surface area contributed by atoms with Crippen LogP contribution in [0.25, 0.3) is 0 Å². The first-order valence-electron chi connectivity index (χ1n) is 6.19. The van der Waals surface area contributed by atoms with Gasteiger partial charge in [0, 0.05) is 6.20 Å². The van der Waals surface area contributed by atoms with Crippen LogP contribution in [-0.2, 0) is 20.9 Å². The third-order valence-corrected chi connectivity index (χ3v) is 2.85. The molecule has 5 nitrogen and oxygen atoms in total. The van der Waals surface area contributed by atoms with Crippen LogP contribution in [0.2, 0.25) is 0 Å². The van der Waals surface area contributed by atoms with Crippen molar-refractivity contribution in [3.63, 3.8) is 0 Å². The number of hydrogen-bond donors (Lipinski definition) is 1. The van der Waals surface area contributed by atoms with Crippen molar-refractivity contribution in [3.8, 4) is 0 Å². The number of nitrogens with zero attached hydrogens (tertiary/aromatic N) is 1. The number of amides is 1. The molecule has 104 valence electrons. The van der Waals surface area contributed by atoms with Gasteiger partial charge in [0.15, 0.2) is 0 Å². The summed E-state index contributed by atoms with van der Waals surface area (Å²) in [5.74, 6) is -1.61. The van der Waals surface area contributed by atoms with Crippen molar-refractivity contribution in [1.29, 1.82) is 0 Å². The maximum Gasteiger partial charge on any atom is 0.397 e. The van der Waals surface area contributed by atoms with Gasteiger partial charge < -0.3 is 10.1 Å². The highest BCUT2D eigenvalue weighted by Gasteiger charge is 2.26. The number of rotatable bonds is 3. The molecule has 1 amide bonds. The molecule has 1 N–H and O–H groups in total. The van der Waals surface area contributed by atoms with Gasteiger partial charge in [0.05, 0.1) is 12.2 Å². The van der Waals surface area contributed by atoms with Crippen LogP contribution in [0.5, 0.6) is 0 Å². The lowest BCUT2D eigenvalue weighted by atomic mass is 9.90. The topological polar surface area (TPSA) is 68.3 Å². The van der Waals surface area contributed by atoms with E-state index in [0.29, 0.717) is 5.69 Å². The molecule has 1 atom stereocenters. The van der Waals surface area contributed by atoms with Crippen molar-refractivity contribution in [2.45, 2.75) is 40.3 Å². The van der Waals surface area contributed by atoms with Gasteiger partial charge in [-0.2, -0.15) is 0 Å². The Hall–Kier alpha value is -1.91. The molecule has 0 saturated heterocycles. The van der Waals surface area contributed by atoms with Gasteiger partial charge in [0.1, 0.15) is 6.10 Å². The Morgan fingerprint density at radius 2 is 2.05 bits per heavy atom. The van der Waals surface area contributed by atoms with Crippen molar-refractivity contribution < 1.29 is 14.3 Å². The van der Waals surface area contributed by atoms with E-state index in [1.165, 1.54) is 0 Å². The van der Waals surface area contributed by atoms with Gasteiger partial charge in [0.25, 0.3) is 0 Å². The predicted octanol–water partition coefficient (Wildman–Crippen LogP) is 1.68. The van der Waals surface area contributed by atoms with E-state index in [0.717, 1.165) is 0 Å². The Kier molecular flexibility index (Phi) is 5.03. The zero-order valence-electron chi connectivity index (χ0n) is 11.8. The Morgan fingerprint density at radius 3 is 2.58 bits per heavy atom. The Morgan fingerprint density at radius 1 is 1.37 bits per heavy atom. The molecule has 0 aliphatic heterocycles. The normalized spacial score (nSPS) is 12.6. The van der Waals surface area contributed by atoms with Gasteiger partial charge in [-0.25, -0.2) is 4.79 Å². The second-order valence-corrected chi connectivity index (χ2v) is 5.42. The van der Waals surface area contributed by atoms with E-state index in [9.17, 15) is 9.59 Å². The molecule has 0 fully saturated rings. The fourth-order valence-corrected chi connectivity index (χ4v) is 1.14. The molecule has 1 rings (SSSR count). The van der Waals surface area contributed by atoms with Gasteiger partial charge >= 0.3 is 11.9 Å². The van der Waals surface area contributed by atoms with Crippen LogP contribution in [0, 0.1) is 5.41 Å².